The number of ether oxygens (including phenoxy) is 1. The van der Waals surface area contributed by atoms with Gasteiger partial charge in [0.1, 0.15) is 0 Å². The van der Waals surface area contributed by atoms with Gasteiger partial charge >= 0.3 is 6.01 Å². The Hall–Kier alpha value is -0.850. The van der Waals surface area contributed by atoms with Crippen LogP contribution in [0.5, 0.6) is 6.01 Å². The molecule has 0 aliphatic heterocycles. The molecule has 0 bridgehead atoms. The molecule has 0 radical (unpaired) electrons. The van der Waals surface area contributed by atoms with Crippen LogP contribution in [0.2, 0.25) is 5.28 Å². The number of rotatable bonds is 4. The van der Waals surface area contributed by atoms with Gasteiger partial charge in [-0.1, -0.05) is 15.9 Å². The third kappa shape index (κ3) is 3.83. The highest BCUT2D eigenvalue weighted by atomic mass is 79.9. The van der Waals surface area contributed by atoms with Crippen LogP contribution in [-0.2, 0) is 0 Å². The molecule has 7 heteroatoms. The van der Waals surface area contributed by atoms with Gasteiger partial charge in [0.05, 0.1) is 6.61 Å². The van der Waals surface area contributed by atoms with E-state index in [1.54, 1.807) is 0 Å². The first-order valence-electron chi connectivity index (χ1n) is 5.15. The number of halogens is 2. The molecule has 0 aliphatic carbocycles. The minimum atomic E-state index is 0.132. The van der Waals surface area contributed by atoms with E-state index in [2.05, 4.69) is 30.9 Å². The van der Waals surface area contributed by atoms with E-state index in [9.17, 15) is 0 Å². The molecule has 0 amide bonds. The van der Waals surface area contributed by atoms with E-state index in [0.29, 0.717) is 11.8 Å². The van der Waals surface area contributed by atoms with E-state index in [-0.39, 0.29) is 11.3 Å². The summed E-state index contributed by atoms with van der Waals surface area (Å²) in [5.41, 5.74) is 0. The lowest BCUT2D eigenvalue weighted by atomic mass is 10.4. The van der Waals surface area contributed by atoms with Gasteiger partial charge < -0.3 is 4.74 Å². The van der Waals surface area contributed by atoms with Crippen LogP contribution >= 0.6 is 39.3 Å². The molecule has 0 aliphatic rings. The summed E-state index contributed by atoms with van der Waals surface area (Å²) in [5, 5.41) is 0.647. The van der Waals surface area contributed by atoms with Crippen molar-refractivity contribution in [1.29, 1.82) is 0 Å². The summed E-state index contributed by atoms with van der Waals surface area (Å²) in [6, 6.07) is 8.08. The standard InChI is InChI=1S/C11H9BrClN3OS/c1-2-17-10-14-9(13)15-11(16-10)18-8-5-3-7(12)4-6-8/h3-6H,2H2,1H3. The molecule has 4 nitrogen and oxygen atoms in total. The maximum Gasteiger partial charge on any atom is 0.321 e. The maximum absolute atomic E-state index is 5.81. The Morgan fingerprint density at radius 2 is 1.94 bits per heavy atom. The zero-order valence-corrected chi connectivity index (χ0v) is 12.6. The lowest BCUT2D eigenvalue weighted by Crippen LogP contribution is -2.00. The van der Waals surface area contributed by atoms with Crippen LogP contribution in [-0.4, -0.2) is 21.6 Å². The van der Waals surface area contributed by atoms with Crippen molar-refractivity contribution in [2.24, 2.45) is 0 Å². The van der Waals surface area contributed by atoms with Gasteiger partial charge in [-0.15, -0.1) is 0 Å². The lowest BCUT2D eigenvalue weighted by molar-refractivity contribution is 0.307. The number of benzene rings is 1. The molecule has 1 aromatic heterocycles. The van der Waals surface area contributed by atoms with Crippen LogP contribution < -0.4 is 4.74 Å². The van der Waals surface area contributed by atoms with E-state index in [0.717, 1.165) is 9.37 Å². The van der Waals surface area contributed by atoms with E-state index >= 15 is 0 Å². The first kappa shape index (κ1) is 13.6. The molecule has 0 spiro atoms. The Labute approximate surface area is 122 Å². The summed E-state index contributed by atoms with van der Waals surface area (Å²) in [6.07, 6.45) is 0. The van der Waals surface area contributed by atoms with Crippen molar-refractivity contribution in [3.05, 3.63) is 34.0 Å². The van der Waals surface area contributed by atoms with E-state index in [1.807, 2.05) is 31.2 Å². The first-order valence-corrected chi connectivity index (χ1v) is 7.14. The molecule has 2 aromatic rings. The van der Waals surface area contributed by atoms with Crippen molar-refractivity contribution in [2.45, 2.75) is 17.0 Å². The summed E-state index contributed by atoms with van der Waals surface area (Å²) in [6.45, 7) is 2.35. The summed E-state index contributed by atoms with van der Waals surface area (Å²) in [5.74, 6) is 0. The minimum Gasteiger partial charge on any atom is -0.464 e. The predicted octanol–water partition coefficient (Wildman–Crippen LogP) is 3.84. The molecular weight excluding hydrogens is 338 g/mol. The van der Waals surface area contributed by atoms with Gasteiger partial charge in [0.2, 0.25) is 5.28 Å². The van der Waals surface area contributed by atoms with Gasteiger partial charge in [-0.05, 0) is 54.6 Å². The maximum atomic E-state index is 5.81. The molecule has 1 aromatic carbocycles. The average Bonchev–Trinajstić information content (AvgIpc) is 2.32. The fourth-order valence-electron chi connectivity index (χ4n) is 1.16. The van der Waals surface area contributed by atoms with Crippen molar-refractivity contribution in [1.82, 2.24) is 15.0 Å². The van der Waals surface area contributed by atoms with Gasteiger partial charge in [-0.25, -0.2) is 0 Å². The largest absolute Gasteiger partial charge is 0.464 e. The van der Waals surface area contributed by atoms with Crippen LogP contribution in [0.3, 0.4) is 0 Å². The Morgan fingerprint density at radius 3 is 2.61 bits per heavy atom. The van der Waals surface area contributed by atoms with Gasteiger partial charge in [-0.3, -0.25) is 0 Å². The topological polar surface area (TPSA) is 47.9 Å². The average molecular weight is 347 g/mol. The summed E-state index contributed by atoms with van der Waals surface area (Å²) >= 11 is 10.6. The third-order valence-corrected chi connectivity index (χ3v) is 3.43. The van der Waals surface area contributed by atoms with Crippen molar-refractivity contribution < 1.29 is 4.74 Å². The monoisotopic (exact) mass is 345 g/mol. The predicted molar refractivity (Wildman–Crippen MR) is 74.3 cm³/mol. The second-order valence-corrected chi connectivity index (χ2v) is 5.45. The van der Waals surface area contributed by atoms with E-state index < -0.39 is 0 Å². The molecule has 0 saturated heterocycles. The van der Waals surface area contributed by atoms with Crippen LogP contribution in [0.4, 0.5) is 0 Å². The van der Waals surface area contributed by atoms with Crippen LogP contribution in [0, 0.1) is 0 Å². The molecule has 0 unspecified atom stereocenters. The Balaban J connectivity index is 2.20. The second kappa shape index (κ2) is 6.36. The zero-order valence-electron chi connectivity index (χ0n) is 9.43. The molecule has 0 saturated carbocycles. The highest BCUT2D eigenvalue weighted by Crippen LogP contribution is 2.27. The molecule has 18 heavy (non-hydrogen) atoms. The zero-order chi connectivity index (χ0) is 13.0. The minimum absolute atomic E-state index is 0.132. The normalized spacial score (nSPS) is 10.4. The van der Waals surface area contributed by atoms with E-state index in [4.69, 9.17) is 16.3 Å². The van der Waals surface area contributed by atoms with Gasteiger partial charge in [0.15, 0.2) is 5.16 Å². The van der Waals surface area contributed by atoms with Crippen LogP contribution in [0.15, 0.2) is 38.8 Å². The fraction of sp³-hybridized carbons (Fsp3) is 0.182. The molecule has 0 N–H and O–H groups in total. The van der Waals surface area contributed by atoms with Crippen molar-refractivity contribution in [3.63, 3.8) is 0 Å². The smallest absolute Gasteiger partial charge is 0.321 e. The SMILES string of the molecule is CCOc1nc(Cl)nc(Sc2ccc(Br)cc2)n1. The van der Waals surface area contributed by atoms with Crippen molar-refractivity contribution in [3.8, 4) is 6.01 Å². The third-order valence-electron chi connectivity index (χ3n) is 1.86. The number of aromatic nitrogens is 3. The summed E-state index contributed by atoms with van der Waals surface area (Å²) < 4.78 is 6.24. The Morgan fingerprint density at radius 1 is 1.22 bits per heavy atom. The Kier molecular flexibility index (Phi) is 4.79. The van der Waals surface area contributed by atoms with Gasteiger partial charge in [0.25, 0.3) is 0 Å². The number of hydrogen-bond acceptors (Lipinski definition) is 5. The quantitative estimate of drug-likeness (QED) is 0.842. The molecular formula is C11H9BrClN3OS. The first-order chi connectivity index (χ1) is 8.67. The highest BCUT2D eigenvalue weighted by molar-refractivity contribution is 9.10. The Bertz CT molecular complexity index is 538. The van der Waals surface area contributed by atoms with Crippen molar-refractivity contribution >= 4 is 39.3 Å². The number of hydrogen-bond donors (Lipinski definition) is 0. The van der Waals surface area contributed by atoms with Gasteiger partial charge in [0, 0.05) is 9.37 Å². The summed E-state index contributed by atoms with van der Waals surface area (Å²) in [4.78, 5) is 13.1. The lowest BCUT2D eigenvalue weighted by Gasteiger charge is -2.04. The van der Waals surface area contributed by atoms with E-state index in [1.165, 1.54) is 11.8 Å². The van der Waals surface area contributed by atoms with Crippen LogP contribution in [0.1, 0.15) is 6.92 Å². The van der Waals surface area contributed by atoms with Crippen molar-refractivity contribution in [2.75, 3.05) is 6.61 Å². The van der Waals surface area contributed by atoms with Crippen LogP contribution in [0.25, 0.3) is 0 Å². The van der Waals surface area contributed by atoms with Gasteiger partial charge in [-0.2, -0.15) is 15.0 Å². The number of nitrogens with zero attached hydrogens (tertiary/aromatic N) is 3. The second-order valence-electron chi connectivity index (χ2n) is 3.16. The molecule has 1 heterocycles. The molecule has 94 valence electrons. The molecule has 0 atom stereocenters. The molecule has 2 rings (SSSR count). The molecule has 0 fully saturated rings. The fourth-order valence-corrected chi connectivity index (χ4v) is 2.37. The highest BCUT2D eigenvalue weighted by Gasteiger charge is 2.07. The summed E-state index contributed by atoms with van der Waals surface area (Å²) in [7, 11) is 0.